The maximum atomic E-state index is 13.1. The van der Waals surface area contributed by atoms with Crippen LogP contribution in [0.1, 0.15) is 22.8 Å². The lowest BCUT2D eigenvalue weighted by atomic mass is 10.1. The highest BCUT2D eigenvalue weighted by molar-refractivity contribution is 6.30. The molecule has 0 aliphatic carbocycles. The number of aliphatic hydroxyl groups is 1. The second kappa shape index (κ2) is 9.62. The van der Waals surface area contributed by atoms with Gasteiger partial charge in [0.2, 0.25) is 0 Å². The number of halogens is 4. The molecule has 1 atom stereocenters. The number of hydrogen-bond acceptors (Lipinski definition) is 5. The highest BCUT2D eigenvalue weighted by atomic mass is 35.5. The summed E-state index contributed by atoms with van der Waals surface area (Å²) < 4.78 is 44.5. The number of amides is 1. The third-order valence-corrected chi connectivity index (χ3v) is 4.01. The van der Waals surface area contributed by atoms with Crippen LogP contribution in [0, 0.1) is 0 Å². The van der Waals surface area contributed by atoms with E-state index in [9.17, 15) is 22.8 Å². The van der Waals surface area contributed by atoms with E-state index in [-0.39, 0.29) is 23.7 Å². The third kappa shape index (κ3) is 6.10. The van der Waals surface area contributed by atoms with Crippen molar-refractivity contribution in [2.75, 3.05) is 23.8 Å². The van der Waals surface area contributed by atoms with Crippen LogP contribution < -0.4 is 10.6 Å². The summed E-state index contributed by atoms with van der Waals surface area (Å²) in [6.07, 6.45) is -6.10. The van der Waals surface area contributed by atoms with E-state index >= 15 is 0 Å². The number of nitrogens with one attached hydrogen (secondary N) is 2. The average Bonchev–Trinajstić information content (AvgIpc) is 2.67. The number of anilines is 2. The highest BCUT2D eigenvalue weighted by Crippen LogP contribution is 2.36. The molecule has 0 fully saturated rings. The number of rotatable bonds is 7. The van der Waals surface area contributed by atoms with Crippen molar-refractivity contribution in [3.63, 3.8) is 0 Å². The van der Waals surface area contributed by atoms with E-state index in [4.69, 9.17) is 21.4 Å². The molecule has 2 aromatic rings. The van der Waals surface area contributed by atoms with Crippen molar-refractivity contribution in [1.29, 1.82) is 0 Å². The Balaban J connectivity index is 2.12. The molecule has 156 valence electrons. The van der Waals surface area contributed by atoms with Crippen molar-refractivity contribution in [2.24, 2.45) is 0 Å². The number of ether oxygens (including phenoxy) is 1. The van der Waals surface area contributed by atoms with E-state index in [1.54, 1.807) is 18.2 Å². The molecule has 2 rings (SSSR count). The average molecular weight is 431 g/mol. The fourth-order valence-electron chi connectivity index (χ4n) is 2.38. The van der Waals surface area contributed by atoms with E-state index in [2.05, 4.69) is 10.6 Å². The Morgan fingerprint density at radius 2 is 1.86 bits per heavy atom. The van der Waals surface area contributed by atoms with Gasteiger partial charge in [0.25, 0.3) is 5.91 Å². The number of esters is 1. The van der Waals surface area contributed by atoms with Crippen molar-refractivity contribution >= 4 is 34.9 Å². The third-order valence-electron chi connectivity index (χ3n) is 3.77. The standard InChI is InChI=1S/C19H18ClF3N2O4/c1-11(29-18(28)13-4-2-3-5-15(13)24-8-9-26)17(27)25-16-7-6-12(20)10-14(16)19(21,22)23/h2-7,10-11,24,26H,8-9H2,1H3,(H,25,27). The fraction of sp³-hybridized carbons (Fsp3) is 0.263. The number of carbonyl (C=O) groups is 2. The Bertz CT molecular complexity index is 890. The molecule has 6 nitrogen and oxygen atoms in total. The van der Waals surface area contributed by atoms with Gasteiger partial charge in [0.1, 0.15) is 0 Å². The summed E-state index contributed by atoms with van der Waals surface area (Å²) in [6, 6.07) is 9.18. The van der Waals surface area contributed by atoms with Gasteiger partial charge < -0.3 is 20.5 Å². The molecule has 0 bridgehead atoms. The van der Waals surface area contributed by atoms with Crippen LogP contribution in [0.3, 0.4) is 0 Å². The van der Waals surface area contributed by atoms with E-state index in [0.29, 0.717) is 11.8 Å². The van der Waals surface area contributed by atoms with Crippen molar-refractivity contribution in [2.45, 2.75) is 19.2 Å². The van der Waals surface area contributed by atoms with Gasteiger partial charge >= 0.3 is 12.1 Å². The minimum atomic E-state index is -4.73. The van der Waals surface area contributed by atoms with Crippen LogP contribution in [0.4, 0.5) is 24.5 Å². The number of alkyl halides is 3. The minimum absolute atomic E-state index is 0.114. The SMILES string of the molecule is CC(OC(=O)c1ccccc1NCCO)C(=O)Nc1ccc(Cl)cc1C(F)(F)F. The highest BCUT2D eigenvalue weighted by Gasteiger charge is 2.34. The molecule has 0 heterocycles. The quantitative estimate of drug-likeness (QED) is 0.579. The Morgan fingerprint density at radius 3 is 2.52 bits per heavy atom. The second-order valence-electron chi connectivity index (χ2n) is 5.92. The zero-order valence-electron chi connectivity index (χ0n) is 15.2. The number of para-hydroxylation sites is 1. The minimum Gasteiger partial charge on any atom is -0.449 e. The van der Waals surface area contributed by atoms with Gasteiger partial charge in [0, 0.05) is 17.3 Å². The zero-order chi connectivity index (χ0) is 21.6. The molecule has 0 aromatic heterocycles. The molecular formula is C19H18ClF3N2O4. The number of benzene rings is 2. The summed E-state index contributed by atoms with van der Waals surface area (Å²) in [4.78, 5) is 24.6. The van der Waals surface area contributed by atoms with E-state index in [1.807, 2.05) is 0 Å². The molecule has 1 amide bonds. The molecule has 2 aromatic carbocycles. The van der Waals surface area contributed by atoms with Crippen molar-refractivity contribution < 1.29 is 32.6 Å². The predicted octanol–water partition coefficient (Wildman–Crippen LogP) is 3.95. The Morgan fingerprint density at radius 1 is 1.17 bits per heavy atom. The van der Waals surface area contributed by atoms with Crippen LogP contribution in [0.2, 0.25) is 5.02 Å². The molecule has 0 saturated carbocycles. The molecule has 3 N–H and O–H groups in total. The van der Waals surface area contributed by atoms with E-state index in [0.717, 1.165) is 6.07 Å². The largest absolute Gasteiger partial charge is 0.449 e. The molecule has 1 unspecified atom stereocenters. The molecule has 29 heavy (non-hydrogen) atoms. The smallest absolute Gasteiger partial charge is 0.418 e. The molecular weight excluding hydrogens is 413 g/mol. The molecule has 0 spiro atoms. The Kier molecular flexibility index (Phi) is 7.46. The fourth-order valence-corrected chi connectivity index (χ4v) is 2.55. The van der Waals surface area contributed by atoms with Gasteiger partial charge in [-0.15, -0.1) is 0 Å². The predicted molar refractivity (Wildman–Crippen MR) is 102 cm³/mol. The maximum absolute atomic E-state index is 13.1. The summed E-state index contributed by atoms with van der Waals surface area (Å²) in [7, 11) is 0. The monoisotopic (exact) mass is 430 g/mol. The maximum Gasteiger partial charge on any atom is 0.418 e. The topological polar surface area (TPSA) is 87.7 Å². The molecule has 0 aliphatic heterocycles. The first-order valence-electron chi connectivity index (χ1n) is 8.46. The number of hydrogen-bond donors (Lipinski definition) is 3. The lowest BCUT2D eigenvalue weighted by molar-refractivity contribution is -0.137. The molecule has 10 heteroatoms. The summed E-state index contributed by atoms with van der Waals surface area (Å²) in [5.41, 5.74) is -1.12. The molecule has 0 saturated heterocycles. The first kappa shape index (κ1) is 22.5. The normalized spacial score (nSPS) is 12.2. The lowest BCUT2D eigenvalue weighted by Crippen LogP contribution is -2.31. The van der Waals surface area contributed by atoms with Gasteiger partial charge in [0.15, 0.2) is 6.10 Å². The summed E-state index contributed by atoms with van der Waals surface area (Å²) >= 11 is 5.61. The van der Waals surface area contributed by atoms with Gasteiger partial charge in [-0.05, 0) is 37.3 Å². The summed E-state index contributed by atoms with van der Waals surface area (Å²) in [6.45, 7) is 1.27. The zero-order valence-corrected chi connectivity index (χ0v) is 16.0. The van der Waals surface area contributed by atoms with E-state index in [1.165, 1.54) is 19.1 Å². The van der Waals surface area contributed by atoms with Crippen LogP contribution in [0.15, 0.2) is 42.5 Å². The van der Waals surface area contributed by atoms with Crippen LogP contribution in [0.25, 0.3) is 0 Å². The lowest BCUT2D eigenvalue weighted by Gasteiger charge is -2.18. The summed E-state index contributed by atoms with van der Waals surface area (Å²) in [5.74, 6) is -1.78. The van der Waals surface area contributed by atoms with Crippen LogP contribution in [-0.2, 0) is 15.7 Å². The van der Waals surface area contributed by atoms with Gasteiger partial charge in [-0.1, -0.05) is 23.7 Å². The van der Waals surface area contributed by atoms with Crippen molar-refractivity contribution in [3.8, 4) is 0 Å². The second-order valence-corrected chi connectivity index (χ2v) is 6.36. The van der Waals surface area contributed by atoms with Gasteiger partial charge in [0.05, 0.1) is 23.4 Å². The van der Waals surface area contributed by atoms with Gasteiger partial charge in [-0.2, -0.15) is 13.2 Å². The van der Waals surface area contributed by atoms with Crippen LogP contribution >= 0.6 is 11.6 Å². The van der Waals surface area contributed by atoms with Gasteiger partial charge in [-0.3, -0.25) is 4.79 Å². The molecule has 0 aliphatic rings. The summed E-state index contributed by atoms with van der Waals surface area (Å²) in [5, 5.41) is 13.7. The van der Waals surface area contributed by atoms with Crippen molar-refractivity contribution in [3.05, 3.63) is 58.6 Å². The number of carbonyl (C=O) groups excluding carboxylic acids is 2. The first-order chi connectivity index (χ1) is 13.6. The number of aliphatic hydroxyl groups excluding tert-OH is 1. The Labute approximate surface area is 169 Å². The first-order valence-corrected chi connectivity index (χ1v) is 8.83. The van der Waals surface area contributed by atoms with E-state index < -0.39 is 35.4 Å². The Hall–Kier alpha value is -2.78. The van der Waals surface area contributed by atoms with Crippen LogP contribution in [0.5, 0.6) is 0 Å². The van der Waals surface area contributed by atoms with Crippen LogP contribution in [-0.4, -0.2) is 36.2 Å². The van der Waals surface area contributed by atoms with Crippen molar-refractivity contribution in [1.82, 2.24) is 0 Å². The van der Waals surface area contributed by atoms with Gasteiger partial charge in [-0.25, -0.2) is 4.79 Å². The molecule has 0 radical (unpaired) electrons.